The van der Waals surface area contributed by atoms with Crippen molar-refractivity contribution < 1.29 is 19.5 Å². The van der Waals surface area contributed by atoms with E-state index in [2.05, 4.69) is 0 Å². The van der Waals surface area contributed by atoms with E-state index in [1.165, 1.54) is 13.2 Å². The second-order valence-electron chi connectivity index (χ2n) is 5.34. The molecule has 0 unspecified atom stereocenters. The first-order valence-electron chi connectivity index (χ1n) is 6.99. The Morgan fingerprint density at radius 2 is 1.96 bits per heavy atom. The standard InChI is InChI=1S/C16H13Cl2NO5/c1-23-11-6-7-13-12(8-11)14(20)16(18,19(21)22)15(24-13)9-2-4-10(17)5-3-9/h2-8,14-15,20H,1H3/t14-,15-,16+/m0/s1. The third-order valence-electron chi connectivity index (χ3n) is 3.96. The highest BCUT2D eigenvalue weighted by molar-refractivity contribution is 6.30. The zero-order valence-corrected chi connectivity index (χ0v) is 14.0. The summed E-state index contributed by atoms with van der Waals surface area (Å²) in [5, 5.41) is 22.8. The quantitative estimate of drug-likeness (QED) is 0.385. The van der Waals surface area contributed by atoms with Crippen LogP contribution >= 0.6 is 23.2 Å². The summed E-state index contributed by atoms with van der Waals surface area (Å²) >= 11 is 12.1. The van der Waals surface area contributed by atoms with E-state index in [0.29, 0.717) is 22.1 Å². The van der Waals surface area contributed by atoms with Gasteiger partial charge >= 0.3 is 5.00 Å². The Hall–Kier alpha value is -2.02. The number of aliphatic hydroxyl groups excluding tert-OH is 1. The van der Waals surface area contributed by atoms with Crippen LogP contribution < -0.4 is 9.47 Å². The van der Waals surface area contributed by atoms with Crippen molar-refractivity contribution in [2.24, 2.45) is 0 Å². The third kappa shape index (κ3) is 2.56. The highest BCUT2D eigenvalue weighted by atomic mass is 35.5. The van der Waals surface area contributed by atoms with Crippen molar-refractivity contribution in [3.8, 4) is 11.5 Å². The molecule has 3 rings (SSSR count). The minimum atomic E-state index is -2.28. The first-order valence-corrected chi connectivity index (χ1v) is 7.75. The van der Waals surface area contributed by atoms with Crippen molar-refractivity contribution in [3.63, 3.8) is 0 Å². The van der Waals surface area contributed by atoms with Crippen LogP contribution in [0.2, 0.25) is 5.02 Å². The number of alkyl halides is 1. The average molecular weight is 370 g/mol. The van der Waals surface area contributed by atoms with Crippen LogP contribution in [-0.2, 0) is 0 Å². The number of rotatable bonds is 3. The molecule has 8 heteroatoms. The first-order chi connectivity index (χ1) is 11.4. The summed E-state index contributed by atoms with van der Waals surface area (Å²) < 4.78 is 10.9. The van der Waals surface area contributed by atoms with Gasteiger partial charge in [-0.15, -0.1) is 0 Å². The van der Waals surface area contributed by atoms with E-state index in [0.717, 1.165) is 0 Å². The van der Waals surface area contributed by atoms with Crippen LogP contribution in [-0.4, -0.2) is 22.1 Å². The Balaban J connectivity index is 2.14. The topological polar surface area (TPSA) is 81.8 Å². The summed E-state index contributed by atoms with van der Waals surface area (Å²) in [6, 6.07) is 11.0. The van der Waals surface area contributed by atoms with Gasteiger partial charge in [-0.05, 0) is 41.9 Å². The molecule has 126 valence electrons. The van der Waals surface area contributed by atoms with Gasteiger partial charge in [0.15, 0.2) is 6.10 Å². The van der Waals surface area contributed by atoms with Crippen LogP contribution in [0.4, 0.5) is 0 Å². The molecule has 6 nitrogen and oxygen atoms in total. The minimum absolute atomic E-state index is 0.200. The Morgan fingerprint density at radius 3 is 2.54 bits per heavy atom. The van der Waals surface area contributed by atoms with Gasteiger partial charge in [0.2, 0.25) is 6.10 Å². The summed E-state index contributed by atoms with van der Waals surface area (Å²) in [4.78, 5) is 8.66. The maximum atomic E-state index is 11.7. The van der Waals surface area contributed by atoms with Gasteiger partial charge < -0.3 is 14.6 Å². The maximum Gasteiger partial charge on any atom is 0.364 e. The Morgan fingerprint density at radius 1 is 1.29 bits per heavy atom. The number of benzene rings is 2. The van der Waals surface area contributed by atoms with Gasteiger partial charge in [0, 0.05) is 16.1 Å². The fourth-order valence-corrected chi connectivity index (χ4v) is 3.09. The van der Waals surface area contributed by atoms with E-state index in [4.69, 9.17) is 32.7 Å². The molecule has 0 spiro atoms. The fraction of sp³-hybridized carbons (Fsp3) is 0.250. The molecule has 1 N–H and O–H groups in total. The number of nitrogens with zero attached hydrogens (tertiary/aromatic N) is 1. The van der Waals surface area contributed by atoms with Crippen LogP contribution in [0.3, 0.4) is 0 Å². The molecule has 0 radical (unpaired) electrons. The molecule has 0 fully saturated rings. The highest BCUT2D eigenvalue weighted by Gasteiger charge is 2.61. The monoisotopic (exact) mass is 369 g/mol. The number of hydrogen-bond donors (Lipinski definition) is 1. The Kier molecular flexibility index (Phi) is 4.29. The molecule has 0 saturated heterocycles. The summed E-state index contributed by atoms with van der Waals surface area (Å²) in [6.07, 6.45) is -2.78. The fourth-order valence-electron chi connectivity index (χ4n) is 2.68. The lowest BCUT2D eigenvalue weighted by Gasteiger charge is -2.37. The largest absolute Gasteiger partial charge is 0.497 e. The molecule has 24 heavy (non-hydrogen) atoms. The van der Waals surface area contributed by atoms with Gasteiger partial charge in [0.1, 0.15) is 11.5 Å². The van der Waals surface area contributed by atoms with Crippen molar-refractivity contribution in [3.05, 3.63) is 68.7 Å². The van der Waals surface area contributed by atoms with Crippen molar-refractivity contribution in [2.75, 3.05) is 7.11 Å². The lowest BCUT2D eigenvalue weighted by molar-refractivity contribution is -0.570. The number of hydrogen-bond acceptors (Lipinski definition) is 5. The van der Waals surface area contributed by atoms with Crippen LogP contribution in [0.5, 0.6) is 11.5 Å². The van der Waals surface area contributed by atoms with Crippen LogP contribution in [0.15, 0.2) is 42.5 Å². The SMILES string of the molecule is COc1ccc2c(c1)[C@H](O)[C@@](Cl)([N+](=O)[O-])[C@H](c1ccc(Cl)cc1)O2. The number of halogens is 2. The Bertz CT molecular complexity index is 783. The van der Waals surface area contributed by atoms with E-state index in [9.17, 15) is 15.2 Å². The van der Waals surface area contributed by atoms with Gasteiger partial charge in [-0.1, -0.05) is 23.7 Å². The second-order valence-corrected chi connectivity index (χ2v) is 6.38. The molecule has 0 aromatic heterocycles. The van der Waals surface area contributed by atoms with Gasteiger partial charge in [-0.3, -0.25) is 10.1 Å². The third-order valence-corrected chi connectivity index (χ3v) is 4.76. The number of fused-ring (bicyclic) bond motifs is 1. The number of aliphatic hydroxyl groups is 1. The lowest BCUT2D eigenvalue weighted by atomic mass is 9.89. The van der Waals surface area contributed by atoms with E-state index >= 15 is 0 Å². The number of methoxy groups -OCH3 is 1. The molecule has 1 aliphatic rings. The first kappa shape index (κ1) is 16.8. The molecule has 0 bridgehead atoms. The van der Waals surface area contributed by atoms with E-state index in [-0.39, 0.29) is 5.56 Å². The molecule has 0 amide bonds. The van der Waals surface area contributed by atoms with Crippen LogP contribution in [0.25, 0.3) is 0 Å². The van der Waals surface area contributed by atoms with Gasteiger partial charge in [-0.25, -0.2) is 0 Å². The van der Waals surface area contributed by atoms with Crippen LogP contribution in [0.1, 0.15) is 23.3 Å². The molecule has 3 atom stereocenters. The summed E-state index contributed by atoms with van der Waals surface area (Å²) in [5.74, 6) is 0.741. The van der Waals surface area contributed by atoms with Crippen molar-refractivity contribution >= 4 is 23.2 Å². The molecule has 1 heterocycles. The van der Waals surface area contributed by atoms with E-state index in [1.807, 2.05) is 0 Å². The second kappa shape index (κ2) is 6.12. The molecule has 2 aromatic carbocycles. The number of nitro groups is 1. The van der Waals surface area contributed by atoms with E-state index in [1.54, 1.807) is 36.4 Å². The van der Waals surface area contributed by atoms with E-state index < -0.39 is 22.1 Å². The van der Waals surface area contributed by atoms with Gasteiger partial charge in [0.25, 0.3) is 0 Å². The predicted molar refractivity (Wildman–Crippen MR) is 88.4 cm³/mol. The van der Waals surface area contributed by atoms with Crippen molar-refractivity contribution in [2.45, 2.75) is 17.2 Å². The summed E-state index contributed by atoms with van der Waals surface area (Å²) in [7, 11) is 1.45. The Labute approximate surface area is 147 Å². The highest BCUT2D eigenvalue weighted by Crippen LogP contribution is 2.52. The molecule has 2 aromatic rings. The normalized spacial score (nSPS) is 25.5. The number of ether oxygens (including phenoxy) is 2. The van der Waals surface area contributed by atoms with Crippen molar-refractivity contribution in [1.29, 1.82) is 0 Å². The summed E-state index contributed by atoms with van der Waals surface area (Å²) in [6.45, 7) is 0. The average Bonchev–Trinajstić information content (AvgIpc) is 2.58. The molecule has 1 aliphatic heterocycles. The zero-order valence-electron chi connectivity index (χ0n) is 12.5. The molecular formula is C16H13Cl2NO5. The molecular weight excluding hydrogens is 357 g/mol. The zero-order chi connectivity index (χ0) is 17.5. The van der Waals surface area contributed by atoms with Crippen molar-refractivity contribution in [1.82, 2.24) is 0 Å². The minimum Gasteiger partial charge on any atom is -0.497 e. The predicted octanol–water partition coefficient (Wildman–Crippen LogP) is 3.73. The van der Waals surface area contributed by atoms with Crippen LogP contribution in [0, 0.1) is 10.1 Å². The van der Waals surface area contributed by atoms with Gasteiger partial charge in [0.05, 0.1) is 12.0 Å². The molecule has 0 saturated carbocycles. The maximum absolute atomic E-state index is 11.7. The lowest BCUT2D eigenvalue weighted by Crippen LogP contribution is -2.49. The summed E-state index contributed by atoms with van der Waals surface area (Å²) in [5.41, 5.74) is 0.637. The molecule has 0 aliphatic carbocycles. The smallest absolute Gasteiger partial charge is 0.364 e. The van der Waals surface area contributed by atoms with Gasteiger partial charge in [-0.2, -0.15) is 0 Å².